The number of aliphatic carboxylic acids is 2. The van der Waals surface area contributed by atoms with E-state index in [9.17, 15) is 14.4 Å². The van der Waals surface area contributed by atoms with E-state index in [-0.39, 0.29) is 18.8 Å². The fourth-order valence-corrected chi connectivity index (χ4v) is 1.37. The molecule has 18 heavy (non-hydrogen) atoms. The van der Waals surface area contributed by atoms with Crippen molar-refractivity contribution in [3.63, 3.8) is 0 Å². The van der Waals surface area contributed by atoms with Crippen LogP contribution in [0.1, 0.15) is 33.1 Å². The molecule has 0 radical (unpaired) electrons. The van der Waals surface area contributed by atoms with Gasteiger partial charge in [0.1, 0.15) is 12.1 Å². The number of nitrogens with two attached hydrogens (primary N) is 1. The summed E-state index contributed by atoms with van der Waals surface area (Å²) in [5.41, 5.74) is 5.24. The summed E-state index contributed by atoms with van der Waals surface area (Å²) in [6.07, 6.45) is 0.205. The first-order valence-electron chi connectivity index (χ1n) is 5.74. The molecule has 7 heteroatoms. The molecule has 0 saturated heterocycles. The SMILES string of the molecule is CC(C)CC(NC(=O)CCC(N)C(=O)O)C(=O)O. The van der Waals surface area contributed by atoms with Gasteiger partial charge in [-0.3, -0.25) is 9.59 Å². The van der Waals surface area contributed by atoms with Crippen molar-refractivity contribution < 1.29 is 24.6 Å². The average molecular weight is 260 g/mol. The minimum atomic E-state index is -1.18. The van der Waals surface area contributed by atoms with Crippen LogP contribution >= 0.6 is 0 Å². The van der Waals surface area contributed by atoms with Crippen molar-refractivity contribution in [2.75, 3.05) is 0 Å². The number of rotatable bonds is 8. The maximum Gasteiger partial charge on any atom is 0.326 e. The van der Waals surface area contributed by atoms with Crippen LogP contribution in [0.4, 0.5) is 0 Å². The van der Waals surface area contributed by atoms with E-state index in [0.29, 0.717) is 6.42 Å². The summed E-state index contributed by atoms with van der Waals surface area (Å²) >= 11 is 0. The van der Waals surface area contributed by atoms with Gasteiger partial charge in [-0.25, -0.2) is 4.79 Å². The Morgan fingerprint density at radius 3 is 2.11 bits per heavy atom. The van der Waals surface area contributed by atoms with Crippen molar-refractivity contribution >= 4 is 17.8 Å². The Balaban J connectivity index is 4.18. The molecule has 2 unspecified atom stereocenters. The van der Waals surface area contributed by atoms with Crippen molar-refractivity contribution in [3.8, 4) is 0 Å². The highest BCUT2D eigenvalue weighted by Gasteiger charge is 2.21. The lowest BCUT2D eigenvalue weighted by atomic mass is 10.0. The van der Waals surface area contributed by atoms with Crippen LogP contribution in [0.3, 0.4) is 0 Å². The zero-order chi connectivity index (χ0) is 14.3. The lowest BCUT2D eigenvalue weighted by Crippen LogP contribution is -2.42. The van der Waals surface area contributed by atoms with E-state index in [1.54, 1.807) is 0 Å². The molecule has 0 spiro atoms. The van der Waals surface area contributed by atoms with E-state index in [1.807, 2.05) is 13.8 Å². The molecule has 104 valence electrons. The molecule has 7 nitrogen and oxygen atoms in total. The highest BCUT2D eigenvalue weighted by atomic mass is 16.4. The molecule has 0 heterocycles. The summed E-state index contributed by atoms with van der Waals surface area (Å²) < 4.78 is 0. The molecular weight excluding hydrogens is 240 g/mol. The minimum Gasteiger partial charge on any atom is -0.480 e. The number of amides is 1. The van der Waals surface area contributed by atoms with Gasteiger partial charge in [-0.15, -0.1) is 0 Å². The second-order valence-corrected chi connectivity index (χ2v) is 4.57. The van der Waals surface area contributed by atoms with Gasteiger partial charge in [-0.05, 0) is 18.8 Å². The second kappa shape index (κ2) is 7.65. The summed E-state index contributed by atoms with van der Waals surface area (Å²) in [6, 6.07) is -2.05. The molecule has 1 amide bonds. The largest absolute Gasteiger partial charge is 0.480 e. The highest BCUT2D eigenvalue weighted by Crippen LogP contribution is 2.05. The fraction of sp³-hybridized carbons (Fsp3) is 0.727. The van der Waals surface area contributed by atoms with E-state index in [4.69, 9.17) is 15.9 Å². The molecule has 5 N–H and O–H groups in total. The van der Waals surface area contributed by atoms with Crippen molar-refractivity contribution in [1.82, 2.24) is 5.32 Å². The Kier molecular flexibility index (Phi) is 6.96. The van der Waals surface area contributed by atoms with Gasteiger partial charge in [-0.2, -0.15) is 0 Å². The molecule has 0 rings (SSSR count). The molecule has 0 aromatic heterocycles. The van der Waals surface area contributed by atoms with Crippen LogP contribution in [0.25, 0.3) is 0 Å². The van der Waals surface area contributed by atoms with E-state index < -0.39 is 29.9 Å². The smallest absolute Gasteiger partial charge is 0.326 e. The van der Waals surface area contributed by atoms with E-state index in [0.717, 1.165) is 0 Å². The predicted molar refractivity (Wildman–Crippen MR) is 63.9 cm³/mol. The standard InChI is InChI=1S/C11H20N2O5/c1-6(2)5-8(11(17)18)13-9(14)4-3-7(12)10(15)16/h6-8H,3-5,12H2,1-2H3,(H,13,14)(H,15,16)(H,17,18). The maximum absolute atomic E-state index is 11.4. The Labute approximate surface area is 105 Å². The maximum atomic E-state index is 11.4. The molecule has 0 aliphatic rings. The Hall–Kier alpha value is -1.63. The molecule has 0 saturated carbocycles. The predicted octanol–water partition coefficient (Wildman–Crippen LogP) is -0.206. The van der Waals surface area contributed by atoms with E-state index in [1.165, 1.54) is 0 Å². The van der Waals surface area contributed by atoms with Gasteiger partial charge in [0.2, 0.25) is 5.91 Å². The lowest BCUT2D eigenvalue weighted by Gasteiger charge is -2.16. The van der Waals surface area contributed by atoms with E-state index >= 15 is 0 Å². The Morgan fingerprint density at radius 2 is 1.72 bits per heavy atom. The molecule has 0 aromatic rings. The van der Waals surface area contributed by atoms with Crippen LogP contribution in [0.5, 0.6) is 0 Å². The Bertz CT molecular complexity index is 317. The number of carboxylic acid groups (broad SMARTS) is 2. The summed E-state index contributed by atoms with van der Waals surface area (Å²) in [5, 5.41) is 19.8. The first-order valence-corrected chi connectivity index (χ1v) is 5.74. The van der Waals surface area contributed by atoms with E-state index in [2.05, 4.69) is 5.32 Å². The van der Waals surface area contributed by atoms with Gasteiger partial charge in [0, 0.05) is 6.42 Å². The van der Waals surface area contributed by atoms with Gasteiger partial charge in [-0.1, -0.05) is 13.8 Å². The van der Waals surface area contributed by atoms with Gasteiger partial charge < -0.3 is 21.3 Å². The summed E-state index contributed by atoms with van der Waals surface area (Å²) in [7, 11) is 0. The monoisotopic (exact) mass is 260 g/mol. The summed E-state index contributed by atoms with van der Waals surface area (Å²) in [4.78, 5) is 32.8. The van der Waals surface area contributed by atoms with Crippen LogP contribution in [0.15, 0.2) is 0 Å². The average Bonchev–Trinajstić information content (AvgIpc) is 2.23. The summed E-state index contributed by atoms with van der Waals surface area (Å²) in [5.74, 6) is -2.65. The van der Waals surface area contributed by atoms with Crippen LogP contribution in [0.2, 0.25) is 0 Å². The number of hydrogen-bond donors (Lipinski definition) is 4. The zero-order valence-corrected chi connectivity index (χ0v) is 10.5. The third kappa shape index (κ3) is 6.85. The van der Waals surface area contributed by atoms with Crippen molar-refractivity contribution in [2.45, 2.75) is 45.2 Å². The summed E-state index contributed by atoms with van der Waals surface area (Å²) in [6.45, 7) is 3.70. The van der Waals surface area contributed by atoms with Gasteiger partial charge >= 0.3 is 11.9 Å². The minimum absolute atomic E-state index is 0.0187. The van der Waals surface area contributed by atoms with Gasteiger partial charge in [0.15, 0.2) is 0 Å². The van der Waals surface area contributed by atoms with Crippen molar-refractivity contribution in [2.24, 2.45) is 11.7 Å². The van der Waals surface area contributed by atoms with Crippen LogP contribution in [-0.2, 0) is 14.4 Å². The number of nitrogens with one attached hydrogen (secondary N) is 1. The number of carbonyl (C=O) groups is 3. The molecule has 2 atom stereocenters. The molecule has 0 aliphatic heterocycles. The van der Waals surface area contributed by atoms with Gasteiger partial charge in [0.05, 0.1) is 0 Å². The van der Waals surface area contributed by atoms with Gasteiger partial charge in [0.25, 0.3) is 0 Å². The quantitative estimate of drug-likeness (QED) is 0.478. The normalized spacial score (nSPS) is 14.0. The molecule has 0 aromatic carbocycles. The first-order chi connectivity index (χ1) is 8.23. The van der Waals surface area contributed by atoms with Crippen LogP contribution in [-0.4, -0.2) is 40.1 Å². The van der Waals surface area contributed by atoms with Crippen molar-refractivity contribution in [3.05, 3.63) is 0 Å². The Morgan fingerprint density at radius 1 is 1.17 bits per heavy atom. The first kappa shape index (κ1) is 16.4. The molecular formula is C11H20N2O5. The number of hydrogen-bond acceptors (Lipinski definition) is 4. The fourth-order valence-electron chi connectivity index (χ4n) is 1.37. The third-order valence-electron chi connectivity index (χ3n) is 2.34. The molecule has 0 aliphatic carbocycles. The second-order valence-electron chi connectivity index (χ2n) is 4.57. The van der Waals surface area contributed by atoms with Crippen LogP contribution in [0, 0.1) is 5.92 Å². The lowest BCUT2D eigenvalue weighted by molar-refractivity contribution is -0.142. The topological polar surface area (TPSA) is 130 Å². The highest BCUT2D eigenvalue weighted by molar-refractivity contribution is 5.84. The number of carboxylic acids is 2. The third-order valence-corrected chi connectivity index (χ3v) is 2.34. The van der Waals surface area contributed by atoms with Crippen LogP contribution < -0.4 is 11.1 Å². The molecule has 0 fully saturated rings. The number of carbonyl (C=O) groups excluding carboxylic acids is 1. The molecule has 0 bridgehead atoms. The zero-order valence-electron chi connectivity index (χ0n) is 10.5. The van der Waals surface area contributed by atoms with Crippen molar-refractivity contribution in [1.29, 1.82) is 0 Å².